The number of benzene rings is 2. The third-order valence-corrected chi connectivity index (χ3v) is 4.16. The number of anilines is 2. The van der Waals surface area contributed by atoms with E-state index < -0.39 is 0 Å². The Morgan fingerprint density at radius 3 is 2.50 bits per heavy atom. The van der Waals surface area contributed by atoms with Gasteiger partial charge < -0.3 is 10.2 Å². The number of carbonyl (C=O) groups excluding carboxylic acids is 1. The van der Waals surface area contributed by atoms with Crippen LogP contribution in [-0.4, -0.2) is 33.3 Å². The number of aromatic nitrogens is 3. The third kappa shape index (κ3) is 2.74. The standard InChI is InChI=1S/C18H17N5O/c24-18-17(10-11-22(18)15-4-2-1-3-5-15)21-14-6-8-16(9-7-14)23-13-19-12-20-23/h1-9,12-13,17,21H,10-11H2. The number of carbonyl (C=O) groups is 1. The molecule has 0 aliphatic carbocycles. The lowest BCUT2D eigenvalue weighted by Gasteiger charge is -2.17. The third-order valence-electron chi connectivity index (χ3n) is 4.16. The monoisotopic (exact) mass is 319 g/mol. The van der Waals surface area contributed by atoms with Crippen LogP contribution in [0, 0.1) is 0 Å². The van der Waals surface area contributed by atoms with Crippen molar-refractivity contribution in [3.05, 3.63) is 67.3 Å². The topological polar surface area (TPSA) is 63.1 Å². The molecule has 2 heterocycles. The zero-order chi connectivity index (χ0) is 16.4. The number of nitrogens with zero attached hydrogens (tertiary/aromatic N) is 4. The Balaban J connectivity index is 1.45. The van der Waals surface area contributed by atoms with Crippen molar-refractivity contribution < 1.29 is 4.79 Å². The van der Waals surface area contributed by atoms with E-state index in [0.717, 1.165) is 30.0 Å². The molecular weight excluding hydrogens is 302 g/mol. The molecule has 120 valence electrons. The van der Waals surface area contributed by atoms with Gasteiger partial charge in [-0.25, -0.2) is 9.67 Å². The Kier molecular flexibility index (Phi) is 3.70. The molecule has 6 nitrogen and oxygen atoms in total. The van der Waals surface area contributed by atoms with E-state index in [2.05, 4.69) is 15.4 Å². The fraction of sp³-hybridized carbons (Fsp3) is 0.167. The van der Waals surface area contributed by atoms with Crippen molar-refractivity contribution in [3.63, 3.8) is 0 Å². The summed E-state index contributed by atoms with van der Waals surface area (Å²) < 4.78 is 1.70. The molecule has 1 atom stereocenters. The first kappa shape index (κ1) is 14.4. The Hall–Kier alpha value is -3.15. The van der Waals surface area contributed by atoms with E-state index in [4.69, 9.17) is 0 Å². The summed E-state index contributed by atoms with van der Waals surface area (Å²) in [5.41, 5.74) is 2.81. The number of para-hydroxylation sites is 1. The van der Waals surface area contributed by atoms with Crippen LogP contribution in [0.15, 0.2) is 67.3 Å². The molecule has 0 saturated carbocycles. The highest BCUT2D eigenvalue weighted by Crippen LogP contribution is 2.23. The fourth-order valence-electron chi connectivity index (χ4n) is 2.93. The van der Waals surface area contributed by atoms with Crippen molar-refractivity contribution in [2.45, 2.75) is 12.5 Å². The first-order chi connectivity index (χ1) is 11.8. The second kappa shape index (κ2) is 6.16. The molecule has 1 aromatic heterocycles. The van der Waals surface area contributed by atoms with E-state index in [1.807, 2.05) is 59.5 Å². The second-order valence-electron chi connectivity index (χ2n) is 5.70. The summed E-state index contributed by atoms with van der Waals surface area (Å²) in [4.78, 5) is 18.4. The first-order valence-electron chi connectivity index (χ1n) is 7.89. The lowest BCUT2D eigenvalue weighted by Crippen LogP contribution is -2.33. The van der Waals surface area contributed by atoms with E-state index in [0.29, 0.717) is 0 Å². The molecule has 0 radical (unpaired) electrons. The predicted octanol–water partition coefficient (Wildman–Crippen LogP) is 2.48. The highest BCUT2D eigenvalue weighted by Gasteiger charge is 2.32. The molecule has 1 saturated heterocycles. The smallest absolute Gasteiger partial charge is 0.249 e. The summed E-state index contributed by atoms with van der Waals surface area (Å²) in [6, 6.07) is 17.4. The SMILES string of the molecule is O=C1C(Nc2ccc(-n3cncn3)cc2)CCN1c1ccccc1. The van der Waals surface area contributed by atoms with Crippen molar-refractivity contribution in [2.24, 2.45) is 0 Å². The van der Waals surface area contributed by atoms with Crippen LogP contribution in [0.3, 0.4) is 0 Å². The predicted molar refractivity (Wildman–Crippen MR) is 92.2 cm³/mol. The van der Waals surface area contributed by atoms with Crippen LogP contribution in [-0.2, 0) is 4.79 Å². The number of hydrogen-bond donors (Lipinski definition) is 1. The Morgan fingerprint density at radius 2 is 1.79 bits per heavy atom. The van der Waals surface area contributed by atoms with Crippen LogP contribution >= 0.6 is 0 Å². The number of amides is 1. The molecule has 24 heavy (non-hydrogen) atoms. The van der Waals surface area contributed by atoms with Gasteiger partial charge in [-0.05, 0) is 42.8 Å². The summed E-state index contributed by atoms with van der Waals surface area (Å²) in [5, 5.41) is 7.43. The summed E-state index contributed by atoms with van der Waals surface area (Å²) in [7, 11) is 0. The van der Waals surface area contributed by atoms with Crippen molar-refractivity contribution in [1.82, 2.24) is 14.8 Å². The van der Waals surface area contributed by atoms with Gasteiger partial charge in [-0.1, -0.05) is 18.2 Å². The van der Waals surface area contributed by atoms with Crippen LogP contribution in [0.25, 0.3) is 5.69 Å². The van der Waals surface area contributed by atoms with E-state index in [1.54, 1.807) is 11.0 Å². The zero-order valence-corrected chi connectivity index (χ0v) is 13.0. The number of nitrogens with one attached hydrogen (secondary N) is 1. The molecular formula is C18H17N5O. The van der Waals surface area contributed by atoms with Crippen molar-refractivity contribution in [3.8, 4) is 5.69 Å². The minimum absolute atomic E-state index is 0.113. The summed E-state index contributed by atoms with van der Waals surface area (Å²) >= 11 is 0. The molecule has 1 N–H and O–H groups in total. The van der Waals surface area contributed by atoms with Gasteiger partial charge in [0, 0.05) is 17.9 Å². The molecule has 3 aromatic rings. The van der Waals surface area contributed by atoms with Gasteiger partial charge in [0.1, 0.15) is 18.7 Å². The summed E-state index contributed by atoms with van der Waals surface area (Å²) in [6.07, 6.45) is 3.95. The lowest BCUT2D eigenvalue weighted by atomic mass is 10.2. The van der Waals surface area contributed by atoms with E-state index in [1.165, 1.54) is 6.33 Å². The van der Waals surface area contributed by atoms with Crippen LogP contribution < -0.4 is 10.2 Å². The molecule has 1 aliphatic heterocycles. The quantitative estimate of drug-likeness (QED) is 0.802. The maximum absolute atomic E-state index is 12.6. The molecule has 1 unspecified atom stereocenters. The molecule has 0 bridgehead atoms. The maximum atomic E-state index is 12.6. The first-order valence-corrected chi connectivity index (χ1v) is 7.89. The van der Waals surface area contributed by atoms with Gasteiger partial charge in [0.05, 0.1) is 5.69 Å². The number of rotatable bonds is 4. The zero-order valence-electron chi connectivity index (χ0n) is 13.0. The van der Waals surface area contributed by atoms with Gasteiger partial charge in [-0.15, -0.1) is 0 Å². The minimum Gasteiger partial charge on any atom is -0.374 e. The van der Waals surface area contributed by atoms with Gasteiger partial charge in [0.25, 0.3) is 0 Å². The van der Waals surface area contributed by atoms with Crippen LogP contribution in [0.2, 0.25) is 0 Å². The van der Waals surface area contributed by atoms with Crippen molar-refractivity contribution in [1.29, 1.82) is 0 Å². The molecule has 1 fully saturated rings. The largest absolute Gasteiger partial charge is 0.374 e. The average Bonchev–Trinajstić information content (AvgIpc) is 3.28. The lowest BCUT2D eigenvalue weighted by molar-refractivity contribution is -0.117. The number of hydrogen-bond acceptors (Lipinski definition) is 4. The Morgan fingerprint density at radius 1 is 1.00 bits per heavy atom. The van der Waals surface area contributed by atoms with Crippen molar-refractivity contribution >= 4 is 17.3 Å². The van der Waals surface area contributed by atoms with E-state index in [9.17, 15) is 4.79 Å². The second-order valence-corrected chi connectivity index (χ2v) is 5.70. The van der Waals surface area contributed by atoms with Gasteiger partial charge >= 0.3 is 0 Å². The van der Waals surface area contributed by atoms with E-state index >= 15 is 0 Å². The molecule has 1 amide bonds. The maximum Gasteiger partial charge on any atom is 0.249 e. The Labute approximate surface area is 139 Å². The van der Waals surface area contributed by atoms with Gasteiger partial charge in [-0.3, -0.25) is 4.79 Å². The van der Waals surface area contributed by atoms with Crippen LogP contribution in [0.5, 0.6) is 0 Å². The average molecular weight is 319 g/mol. The summed E-state index contributed by atoms with van der Waals surface area (Å²) in [5.74, 6) is 0.113. The van der Waals surface area contributed by atoms with E-state index in [-0.39, 0.29) is 11.9 Å². The molecule has 4 rings (SSSR count). The molecule has 0 spiro atoms. The van der Waals surface area contributed by atoms with Crippen LogP contribution in [0.4, 0.5) is 11.4 Å². The Bertz CT molecular complexity index is 814. The molecule has 1 aliphatic rings. The molecule has 6 heteroatoms. The highest BCUT2D eigenvalue weighted by molar-refractivity contribution is 6.01. The summed E-state index contributed by atoms with van der Waals surface area (Å²) in [6.45, 7) is 0.734. The van der Waals surface area contributed by atoms with Crippen molar-refractivity contribution in [2.75, 3.05) is 16.8 Å². The van der Waals surface area contributed by atoms with Gasteiger partial charge in [0.15, 0.2) is 0 Å². The van der Waals surface area contributed by atoms with Crippen LogP contribution in [0.1, 0.15) is 6.42 Å². The minimum atomic E-state index is -0.192. The highest BCUT2D eigenvalue weighted by atomic mass is 16.2. The van der Waals surface area contributed by atoms with Gasteiger partial charge in [0.2, 0.25) is 5.91 Å². The fourth-order valence-corrected chi connectivity index (χ4v) is 2.93. The normalized spacial score (nSPS) is 17.2. The van der Waals surface area contributed by atoms with Gasteiger partial charge in [-0.2, -0.15) is 5.10 Å². The molecule has 2 aromatic carbocycles.